The van der Waals surface area contributed by atoms with Crippen LogP contribution in [-0.2, 0) is 13.5 Å². The van der Waals surface area contributed by atoms with Crippen molar-refractivity contribution in [3.8, 4) is 11.3 Å². The second-order valence-electron chi connectivity index (χ2n) is 8.31. The topological polar surface area (TPSA) is 17.8 Å². The van der Waals surface area contributed by atoms with E-state index in [4.69, 9.17) is 0 Å². The first-order chi connectivity index (χ1) is 12.7. The highest BCUT2D eigenvalue weighted by Gasteiger charge is 2.09. The molecular formula is C25H40N2. The minimum absolute atomic E-state index is 0.904. The minimum atomic E-state index is 0.904. The van der Waals surface area contributed by atoms with Crippen LogP contribution in [0.4, 0.5) is 0 Å². The highest BCUT2D eigenvalue weighted by molar-refractivity contribution is 5.64. The van der Waals surface area contributed by atoms with Gasteiger partial charge in [-0.2, -0.15) is 5.10 Å². The van der Waals surface area contributed by atoms with E-state index in [9.17, 15) is 0 Å². The van der Waals surface area contributed by atoms with E-state index in [0.717, 1.165) is 24.5 Å². The van der Waals surface area contributed by atoms with E-state index in [1.165, 1.54) is 53.6 Å². The van der Waals surface area contributed by atoms with Crippen LogP contribution in [0.1, 0.15) is 76.6 Å². The maximum absolute atomic E-state index is 4.60. The first-order valence-corrected chi connectivity index (χ1v) is 10.5. The smallest absolute Gasteiger partial charge is 0.0684 e. The molecule has 1 heterocycles. The highest BCUT2D eigenvalue weighted by atomic mass is 15.3. The number of hydrogen-bond donors (Lipinski definition) is 0. The van der Waals surface area contributed by atoms with Gasteiger partial charge in [-0.3, -0.25) is 4.68 Å². The molecule has 0 bridgehead atoms. The molecule has 0 unspecified atom stereocenters. The Morgan fingerprint density at radius 1 is 1.15 bits per heavy atom. The number of hydrogen-bond acceptors (Lipinski definition) is 1. The summed E-state index contributed by atoms with van der Waals surface area (Å²) in [4.78, 5) is 0. The molecule has 0 spiro atoms. The fraction of sp³-hybridized carbons (Fsp3) is 0.560. The fourth-order valence-electron chi connectivity index (χ4n) is 3.15. The van der Waals surface area contributed by atoms with Gasteiger partial charge in [0.2, 0.25) is 0 Å². The summed E-state index contributed by atoms with van der Waals surface area (Å²) in [5.74, 6) is 0.904. The molecule has 2 heteroatoms. The molecule has 27 heavy (non-hydrogen) atoms. The van der Waals surface area contributed by atoms with Gasteiger partial charge in [-0.15, -0.1) is 6.58 Å². The minimum Gasteiger partial charge on any atom is -0.268 e. The number of benzene rings is 1. The van der Waals surface area contributed by atoms with Crippen LogP contribution in [-0.4, -0.2) is 9.78 Å². The number of nitrogens with zero attached hydrogens (tertiary/aromatic N) is 2. The summed E-state index contributed by atoms with van der Waals surface area (Å²) < 4.78 is 1.98. The zero-order chi connectivity index (χ0) is 20.4. The summed E-state index contributed by atoms with van der Waals surface area (Å²) in [6, 6.07) is 8.75. The standard InChI is InChI=1S/C17H22N2.C8H18/c1-12(2)6-8-15-11-17(19(5)18-15)16-9-7-13(3)10-14(16)4;1-4-5-6-7-8(2)3/h7,9-11H,1,6,8H2,2-5H3;8H,4-7H2,1-3H3. The van der Waals surface area contributed by atoms with Crippen molar-refractivity contribution in [2.45, 2.75) is 80.1 Å². The molecule has 0 amide bonds. The van der Waals surface area contributed by atoms with E-state index < -0.39 is 0 Å². The van der Waals surface area contributed by atoms with Crippen molar-refractivity contribution in [2.75, 3.05) is 0 Å². The second kappa shape index (κ2) is 11.8. The van der Waals surface area contributed by atoms with E-state index in [1.54, 1.807) is 0 Å². The highest BCUT2D eigenvalue weighted by Crippen LogP contribution is 2.25. The van der Waals surface area contributed by atoms with Crippen LogP contribution < -0.4 is 0 Å². The van der Waals surface area contributed by atoms with Crippen molar-refractivity contribution in [3.63, 3.8) is 0 Å². The van der Waals surface area contributed by atoms with Crippen LogP contribution >= 0.6 is 0 Å². The predicted molar refractivity (Wildman–Crippen MR) is 120 cm³/mol. The molecule has 0 radical (unpaired) electrons. The maximum atomic E-state index is 4.60. The Balaban J connectivity index is 0.000000387. The number of unbranched alkanes of at least 4 members (excludes halogenated alkanes) is 2. The van der Waals surface area contributed by atoms with E-state index in [1.807, 2.05) is 11.7 Å². The molecule has 0 N–H and O–H groups in total. The Bertz CT molecular complexity index is 707. The molecule has 0 saturated carbocycles. The largest absolute Gasteiger partial charge is 0.268 e. The molecule has 1 aromatic carbocycles. The van der Waals surface area contributed by atoms with Gasteiger partial charge in [0.15, 0.2) is 0 Å². The zero-order valence-electron chi connectivity index (χ0n) is 18.7. The molecule has 2 rings (SSSR count). The molecule has 0 aliphatic carbocycles. The van der Waals surface area contributed by atoms with Crippen LogP contribution in [0.25, 0.3) is 11.3 Å². The monoisotopic (exact) mass is 368 g/mol. The lowest BCUT2D eigenvalue weighted by molar-refractivity contribution is 0.534. The van der Waals surface area contributed by atoms with Gasteiger partial charge in [0.05, 0.1) is 11.4 Å². The zero-order valence-corrected chi connectivity index (χ0v) is 18.7. The lowest BCUT2D eigenvalue weighted by atomic mass is 10.0. The van der Waals surface area contributed by atoms with E-state index in [-0.39, 0.29) is 0 Å². The maximum Gasteiger partial charge on any atom is 0.0684 e. The Labute approximate surface area is 167 Å². The first-order valence-electron chi connectivity index (χ1n) is 10.5. The molecular weight excluding hydrogens is 328 g/mol. The average Bonchev–Trinajstić information content (AvgIpc) is 2.94. The van der Waals surface area contributed by atoms with Crippen molar-refractivity contribution in [1.29, 1.82) is 0 Å². The van der Waals surface area contributed by atoms with Gasteiger partial charge >= 0.3 is 0 Å². The number of rotatable bonds is 8. The van der Waals surface area contributed by atoms with Gasteiger partial charge in [-0.25, -0.2) is 0 Å². The Morgan fingerprint density at radius 3 is 2.41 bits per heavy atom. The van der Waals surface area contributed by atoms with Crippen molar-refractivity contribution in [1.82, 2.24) is 9.78 Å². The Hall–Kier alpha value is -1.83. The summed E-state index contributed by atoms with van der Waals surface area (Å²) in [6.07, 6.45) is 7.57. The van der Waals surface area contributed by atoms with Crippen LogP contribution in [0.2, 0.25) is 0 Å². The number of allylic oxidation sites excluding steroid dienone is 1. The van der Waals surface area contributed by atoms with E-state index >= 15 is 0 Å². The summed E-state index contributed by atoms with van der Waals surface area (Å²) >= 11 is 0. The van der Waals surface area contributed by atoms with E-state index in [0.29, 0.717) is 0 Å². The normalized spacial score (nSPS) is 10.7. The average molecular weight is 369 g/mol. The first kappa shape index (κ1) is 23.2. The lowest BCUT2D eigenvalue weighted by Crippen LogP contribution is -1.96. The third-order valence-electron chi connectivity index (χ3n) is 4.78. The summed E-state index contributed by atoms with van der Waals surface area (Å²) in [5.41, 5.74) is 7.40. The summed E-state index contributed by atoms with van der Waals surface area (Å²) in [5, 5.41) is 4.60. The molecule has 0 atom stereocenters. The van der Waals surface area contributed by atoms with Crippen LogP contribution in [0.5, 0.6) is 0 Å². The van der Waals surface area contributed by atoms with E-state index in [2.05, 4.69) is 77.5 Å². The molecule has 0 aliphatic rings. The van der Waals surface area contributed by atoms with Crippen molar-refractivity contribution in [3.05, 3.63) is 53.2 Å². The molecule has 150 valence electrons. The molecule has 0 fully saturated rings. The Kier molecular flexibility index (Phi) is 10.1. The van der Waals surface area contributed by atoms with Crippen LogP contribution in [0.3, 0.4) is 0 Å². The van der Waals surface area contributed by atoms with Crippen LogP contribution in [0, 0.1) is 19.8 Å². The third-order valence-corrected chi connectivity index (χ3v) is 4.78. The second-order valence-corrected chi connectivity index (χ2v) is 8.31. The lowest BCUT2D eigenvalue weighted by Gasteiger charge is -2.06. The fourth-order valence-corrected chi connectivity index (χ4v) is 3.15. The molecule has 2 aromatic rings. The van der Waals surface area contributed by atoms with Gasteiger partial charge in [-0.05, 0) is 51.2 Å². The molecule has 0 aliphatic heterocycles. The van der Waals surface area contributed by atoms with Gasteiger partial charge in [-0.1, -0.05) is 75.8 Å². The van der Waals surface area contributed by atoms with Crippen LogP contribution in [0.15, 0.2) is 36.4 Å². The van der Waals surface area contributed by atoms with Gasteiger partial charge in [0.1, 0.15) is 0 Å². The third kappa shape index (κ3) is 8.60. The Morgan fingerprint density at radius 2 is 1.85 bits per heavy atom. The number of aromatic nitrogens is 2. The quantitative estimate of drug-likeness (QED) is 0.350. The SMILES string of the molecule is C=C(C)CCc1cc(-c2ccc(C)cc2C)n(C)n1.CCCCCC(C)C. The summed E-state index contributed by atoms with van der Waals surface area (Å²) in [7, 11) is 2.01. The van der Waals surface area contributed by atoms with Crippen molar-refractivity contribution < 1.29 is 0 Å². The summed E-state index contributed by atoms with van der Waals surface area (Å²) in [6.45, 7) is 17.1. The van der Waals surface area contributed by atoms with Crippen molar-refractivity contribution in [2.24, 2.45) is 13.0 Å². The van der Waals surface area contributed by atoms with Gasteiger partial charge in [0, 0.05) is 12.6 Å². The van der Waals surface area contributed by atoms with Gasteiger partial charge in [0.25, 0.3) is 0 Å². The molecule has 0 saturated heterocycles. The van der Waals surface area contributed by atoms with Gasteiger partial charge < -0.3 is 0 Å². The van der Waals surface area contributed by atoms with Crippen molar-refractivity contribution >= 4 is 0 Å². The predicted octanol–water partition coefficient (Wildman–Crippen LogP) is 7.44. The molecule has 1 aromatic heterocycles. The molecule has 2 nitrogen and oxygen atoms in total. The number of aryl methyl sites for hydroxylation is 4.